The number of nitrogens with zero attached hydrogens (tertiary/aromatic N) is 1. The summed E-state index contributed by atoms with van der Waals surface area (Å²) in [6.45, 7) is 0. The zero-order valence-electron chi connectivity index (χ0n) is 10.3. The Morgan fingerprint density at radius 3 is 2.79 bits per heavy atom. The lowest BCUT2D eigenvalue weighted by atomic mass is 10.0. The van der Waals surface area contributed by atoms with Gasteiger partial charge >= 0.3 is 0 Å². The van der Waals surface area contributed by atoms with Crippen LogP contribution in [0.1, 0.15) is 17.3 Å². The highest BCUT2D eigenvalue weighted by atomic mass is 79.9. The Kier molecular flexibility index (Phi) is 4.91. The lowest BCUT2D eigenvalue weighted by Gasteiger charge is -2.17. The molecule has 0 spiro atoms. The maximum atomic E-state index is 14.0. The third-order valence-electron chi connectivity index (χ3n) is 2.91. The van der Waals surface area contributed by atoms with Gasteiger partial charge in [0.2, 0.25) is 0 Å². The molecule has 1 unspecified atom stereocenters. The van der Waals surface area contributed by atoms with Gasteiger partial charge in [0, 0.05) is 34.4 Å². The van der Waals surface area contributed by atoms with Gasteiger partial charge in [-0.2, -0.15) is 0 Å². The summed E-state index contributed by atoms with van der Waals surface area (Å²) >= 11 is 9.15. The van der Waals surface area contributed by atoms with E-state index in [1.807, 2.05) is 12.1 Å². The molecular formula is C14H13BrClFN2. The van der Waals surface area contributed by atoms with Gasteiger partial charge in [0.05, 0.1) is 5.02 Å². The smallest absolute Gasteiger partial charge is 0.146 e. The molecule has 0 fully saturated rings. The summed E-state index contributed by atoms with van der Waals surface area (Å²) in [5.41, 5.74) is 1.45. The van der Waals surface area contributed by atoms with Crippen molar-refractivity contribution in [3.05, 3.63) is 63.1 Å². The molecule has 2 aromatic rings. The SMILES string of the molecule is CNC(Cc1ccc(Br)cn1)c1cccc(Cl)c1F. The van der Waals surface area contributed by atoms with Crippen molar-refractivity contribution in [1.29, 1.82) is 0 Å². The number of hydrogen-bond acceptors (Lipinski definition) is 2. The predicted octanol–water partition coefficient (Wildman–Crippen LogP) is 4.14. The Labute approximate surface area is 125 Å². The van der Waals surface area contributed by atoms with Crippen LogP contribution in [0.4, 0.5) is 4.39 Å². The molecule has 0 aliphatic rings. The van der Waals surface area contributed by atoms with Gasteiger partial charge in [-0.3, -0.25) is 4.98 Å². The summed E-state index contributed by atoms with van der Waals surface area (Å²) in [5, 5.41) is 3.24. The second-order valence-corrected chi connectivity index (χ2v) is 5.48. The maximum Gasteiger partial charge on any atom is 0.146 e. The first-order valence-electron chi connectivity index (χ1n) is 5.83. The second-order valence-electron chi connectivity index (χ2n) is 4.16. The summed E-state index contributed by atoms with van der Waals surface area (Å²) in [6, 6.07) is 8.71. The molecule has 2 rings (SSSR count). The standard InChI is InChI=1S/C14H13BrClFN2/c1-18-13(7-10-6-5-9(15)8-19-10)11-3-2-4-12(16)14(11)17/h2-6,8,13,18H,7H2,1H3. The first-order valence-corrected chi connectivity index (χ1v) is 7.00. The molecule has 5 heteroatoms. The first kappa shape index (κ1) is 14.4. The highest BCUT2D eigenvalue weighted by molar-refractivity contribution is 9.10. The van der Waals surface area contributed by atoms with E-state index in [1.165, 1.54) is 0 Å². The summed E-state index contributed by atoms with van der Waals surface area (Å²) in [4.78, 5) is 4.30. The van der Waals surface area contributed by atoms with Crippen molar-refractivity contribution in [3.8, 4) is 0 Å². The third-order valence-corrected chi connectivity index (χ3v) is 3.67. The highest BCUT2D eigenvalue weighted by Crippen LogP contribution is 2.25. The molecule has 1 aromatic heterocycles. The van der Waals surface area contributed by atoms with E-state index in [2.05, 4.69) is 26.2 Å². The topological polar surface area (TPSA) is 24.9 Å². The molecule has 0 amide bonds. The Bertz CT molecular complexity index is 560. The minimum Gasteiger partial charge on any atom is -0.313 e. The van der Waals surface area contributed by atoms with E-state index in [9.17, 15) is 4.39 Å². The Hall–Kier alpha value is -0.970. The van der Waals surface area contributed by atoms with Crippen LogP contribution in [0.25, 0.3) is 0 Å². The number of nitrogens with one attached hydrogen (secondary N) is 1. The van der Waals surface area contributed by atoms with E-state index < -0.39 is 0 Å². The molecule has 0 aliphatic carbocycles. The predicted molar refractivity (Wildman–Crippen MR) is 78.9 cm³/mol. The quantitative estimate of drug-likeness (QED) is 0.902. The number of halogens is 3. The average molecular weight is 344 g/mol. The van der Waals surface area contributed by atoms with E-state index in [1.54, 1.807) is 31.4 Å². The van der Waals surface area contributed by atoms with Gasteiger partial charge in [-0.15, -0.1) is 0 Å². The molecule has 0 saturated carbocycles. The largest absolute Gasteiger partial charge is 0.313 e. The fraction of sp³-hybridized carbons (Fsp3) is 0.214. The fourth-order valence-corrected chi connectivity index (χ4v) is 2.31. The van der Waals surface area contributed by atoms with Crippen molar-refractivity contribution in [3.63, 3.8) is 0 Å². The highest BCUT2D eigenvalue weighted by Gasteiger charge is 2.16. The Morgan fingerprint density at radius 1 is 1.37 bits per heavy atom. The van der Waals surface area contributed by atoms with Gasteiger partial charge in [-0.05, 0) is 41.2 Å². The van der Waals surface area contributed by atoms with Crippen LogP contribution in [0.2, 0.25) is 5.02 Å². The minimum absolute atomic E-state index is 0.140. The molecule has 1 heterocycles. The van der Waals surface area contributed by atoms with E-state index in [0.29, 0.717) is 12.0 Å². The second kappa shape index (κ2) is 6.46. The molecular weight excluding hydrogens is 331 g/mol. The first-order chi connectivity index (χ1) is 9.11. The van der Waals surface area contributed by atoms with Crippen LogP contribution >= 0.6 is 27.5 Å². The molecule has 100 valence electrons. The minimum atomic E-state index is -0.374. The number of likely N-dealkylation sites (N-methyl/N-ethyl adjacent to an activating group) is 1. The van der Waals surface area contributed by atoms with E-state index in [-0.39, 0.29) is 16.9 Å². The molecule has 0 bridgehead atoms. The zero-order valence-corrected chi connectivity index (χ0v) is 12.7. The molecule has 0 radical (unpaired) electrons. The van der Waals surface area contributed by atoms with Gasteiger partial charge in [-0.1, -0.05) is 23.7 Å². The van der Waals surface area contributed by atoms with Crippen molar-refractivity contribution < 1.29 is 4.39 Å². The van der Waals surface area contributed by atoms with E-state index in [4.69, 9.17) is 11.6 Å². The number of rotatable bonds is 4. The summed E-state index contributed by atoms with van der Waals surface area (Å²) < 4.78 is 14.9. The van der Waals surface area contributed by atoms with Crippen LogP contribution in [0.3, 0.4) is 0 Å². The van der Waals surface area contributed by atoms with Gasteiger partial charge in [-0.25, -0.2) is 4.39 Å². The molecule has 1 aromatic carbocycles. The third kappa shape index (κ3) is 3.53. The van der Waals surface area contributed by atoms with Crippen LogP contribution < -0.4 is 5.32 Å². The molecule has 2 nitrogen and oxygen atoms in total. The van der Waals surface area contributed by atoms with Crippen molar-refractivity contribution in [1.82, 2.24) is 10.3 Å². The van der Waals surface area contributed by atoms with Crippen LogP contribution in [0, 0.1) is 5.82 Å². The van der Waals surface area contributed by atoms with Crippen LogP contribution in [0.5, 0.6) is 0 Å². The lowest BCUT2D eigenvalue weighted by molar-refractivity contribution is 0.530. The van der Waals surface area contributed by atoms with Crippen LogP contribution in [0.15, 0.2) is 41.0 Å². The fourth-order valence-electron chi connectivity index (χ4n) is 1.89. The van der Waals surface area contributed by atoms with Crippen molar-refractivity contribution in [2.75, 3.05) is 7.05 Å². The summed E-state index contributed by atoms with van der Waals surface area (Å²) in [7, 11) is 1.80. The van der Waals surface area contributed by atoms with E-state index in [0.717, 1.165) is 10.2 Å². The number of benzene rings is 1. The van der Waals surface area contributed by atoms with Crippen molar-refractivity contribution >= 4 is 27.5 Å². The van der Waals surface area contributed by atoms with Gasteiger partial charge in [0.25, 0.3) is 0 Å². The van der Waals surface area contributed by atoms with E-state index >= 15 is 0 Å². The monoisotopic (exact) mass is 342 g/mol. The zero-order chi connectivity index (χ0) is 13.8. The Balaban J connectivity index is 2.25. The number of aromatic nitrogens is 1. The normalized spacial score (nSPS) is 12.4. The van der Waals surface area contributed by atoms with Gasteiger partial charge < -0.3 is 5.32 Å². The summed E-state index contributed by atoms with van der Waals surface area (Å²) in [6.07, 6.45) is 2.33. The van der Waals surface area contributed by atoms with Crippen LogP contribution in [-0.2, 0) is 6.42 Å². The van der Waals surface area contributed by atoms with Crippen molar-refractivity contribution in [2.24, 2.45) is 0 Å². The average Bonchev–Trinajstić information content (AvgIpc) is 2.42. The Morgan fingerprint density at radius 2 is 2.16 bits per heavy atom. The van der Waals surface area contributed by atoms with Gasteiger partial charge in [0.15, 0.2) is 0 Å². The van der Waals surface area contributed by atoms with Crippen molar-refractivity contribution in [2.45, 2.75) is 12.5 Å². The number of hydrogen-bond donors (Lipinski definition) is 1. The number of pyridine rings is 1. The molecule has 1 atom stereocenters. The van der Waals surface area contributed by atoms with Crippen LogP contribution in [-0.4, -0.2) is 12.0 Å². The summed E-state index contributed by atoms with van der Waals surface area (Å²) in [5.74, 6) is -0.374. The lowest BCUT2D eigenvalue weighted by Crippen LogP contribution is -2.20. The molecule has 0 aliphatic heterocycles. The molecule has 19 heavy (non-hydrogen) atoms. The maximum absolute atomic E-state index is 14.0. The molecule has 0 saturated heterocycles. The van der Waals surface area contributed by atoms with Gasteiger partial charge in [0.1, 0.15) is 5.82 Å². The molecule has 1 N–H and O–H groups in total.